The summed E-state index contributed by atoms with van der Waals surface area (Å²) >= 11 is 0. The second kappa shape index (κ2) is 11.9. The van der Waals surface area contributed by atoms with Crippen LogP contribution in [0.4, 0.5) is 5.69 Å². The van der Waals surface area contributed by atoms with Crippen LogP contribution in [0.1, 0.15) is 30.0 Å². The van der Waals surface area contributed by atoms with E-state index in [4.69, 9.17) is 18.9 Å². The van der Waals surface area contributed by atoms with E-state index >= 15 is 0 Å². The molecule has 0 saturated carbocycles. The third-order valence-corrected chi connectivity index (χ3v) is 6.94. The van der Waals surface area contributed by atoms with Gasteiger partial charge in [-0.1, -0.05) is 42.5 Å². The van der Waals surface area contributed by atoms with Crippen LogP contribution < -0.4 is 23.8 Å². The fourth-order valence-electron chi connectivity index (χ4n) is 5.06. The van der Waals surface area contributed by atoms with Crippen LogP contribution in [-0.2, 0) is 16.1 Å². The minimum atomic E-state index is -0.546. The van der Waals surface area contributed by atoms with Gasteiger partial charge in [0.2, 0.25) is 17.6 Å². The van der Waals surface area contributed by atoms with Gasteiger partial charge in [-0.15, -0.1) is 0 Å². The van der Waals surface area contributed by atoms with Crippen molar-refractivity contribution < 1.29 is 28.5 Å². The highest BCUT2D eigenvalue weighted by Crippen LogP contribution is 2.46. The number of methoxy groups -OCH3 is 4. The molecule has 0 aromatic heterocycles. The maximum Gasteiger partial charge on any atom is 0.228 e. The number of amides is 2. The topological polar surface area (TPSA) is 77.5 Å². The number of nitrogens with zero attached hydrogens (tertiary/aromatic N) is 2. The lowest BCUT2D eigenvalue weighted by Gasteiger charge is -2.42. The molecule has 38 heavy (non-hydrogen) atoms. The van der Waals surface area contributed by atoms with Crippen LogP contribution >= 0.6 is 0 Å². The van der Waals surface area contributed by atoms with Gasteiger partial charge in [0.25, 0.3) is 0 Å². The zero-order valence-corrected chi connectivity index (χ0v) is 22.5. The first-order valence-electron chi connectivity index (χ1n) is 12.5. The zero-order chi connectivity index (χ0) is 27.2. The molecule has 1 aliphatic heterocycles. The Kier molecular flexibility index (Phi) is 8.41. The number of ether oxygens (including phenoxy) is 4. The van der Waals surface area contributed by atoms with Crippen molar-refractivity contribution in [2.75, 3.05) is 40.4 Å². The van der Waals surface area contributed by atoms with E-state index in [0.717, 1.165) is 11.1 Å². The quantitative estimate of drug-likeness (QED) is 0.403. The first-order valence-corrected chi connectivity index (χ1v) is 12.5. The van der Waals surface area contributed by atoms with Crippen molar-refractivity contribution >= 4 is 17.5 Å². The van der Waals surface area contributed by atoms with Gasteiger partial charge in [-0.3, -0.25) is 9.59 Å². The molecule has 1 aliphatic rings. The summed E-state index contributed by atoms with van der Waals surface area (Å²) in [5.41, 5.74) is 2.44. The van der Waals surface area contributed by atoms with Crippen molar-refractivity contribution in [1.82, 2.24) is 4.90 Å². The number of hydrogen-bond donors (Lipinski definition) is 0. The molecule has 4 rings (SSSR count). The minimum Gasteiger partial charge on any atom is -0.497 e. The number of carbonyl (C=O) groups excluding carboxylic acids is 2. The molecule has 200 valence electrons. The van der Waals surface area contributed by atoms with Crippen LogP contribution in [0.5, 0.6) is 23.0 Å². The highest BCUT2D eigenvalue weighted by Gasteiger charge is 2.43. The Morgan fingerprint density at radius 1 is 0.895 bits per heavy atom. The molecule has 1 heterocycles. The van der Waals surface area contributed by atoms with Crippen molar-refractivity contribution in [3.8, 4) is 23.0 Å². The fourth-order valence-corrected chi connectivity index (χ4v) is 5.06. The van der Waals surface area contributed by atoms with E-state index < -0.39 is 12.0 Å². The Bertz CT molecular complexity index is 1240. The molecule has 0 radical (unpaired) electrons. The second-order valence-electron chi connectivity index (χ2n) is 9.19. The minimum absolute atomic E-state index is 0.0281. The summed E-state index contributed by atoms with van der Waals surface area (Å²) in [6.07, 6.45) is 0.674. The summed E-state index contributed by atoms with van der Waals surface area (Å²) in [5.74, 6) is 1.40. The largest absolute Gasteiger partial charge is 0.497 e. The maximum absolute atomic E-state index is 13.9. The molecule has 8 heteroatoms. The number of hydrogen-bond acceptors (Lipinski definition) is 6. The third kappa shape index (κ3) is 5.39. The highest BCUT2D eigenvalue weighted by atomic mass is 16.5. The molecule has 0 bridgehead atoms. The highest BCUT2D eigenvalue weighted by molar-refractivity contribution is 5.98. The standard InChI is InChI=1S/C30H34N2O6/c1-31(19-20-9-7-6-8-10-20)30(34)24-15-16-27(33)32(28(24)21-11-13-23(35-2)14-12-21)22-17-25(36-3)29(38-5)26(18-22)37-4/h6-14,17-18,24,28H,15-16,19H2,1-5H3/t24-,28-/m1/s1. The monoisotopic (exact) mass is 518 g/mol. The Morgan fingerprint density at radius 3 is 2.08 bits per heavy atom. The zero-order valence-electron chi connectivity index (χ0n) is 22.5. The Balaban J connectivity index is 1.79. The molecule has 2 amide bonds. The van der Waals surface area contributed by atoms with Crippen LogP contribution in [0, 0.1) is 5.92 Å². The smallest absolute Gasteiger partial charge is 0.228 e. The summed E-state index contributed by atoms with van der Waals surface area (Å²) in [5, 5.41) is 0. The molecule has 2 atom stereocenters. The maximum atomic E-state index is 13.9. The lowest BCUT2D eigenvalue weighted by Crippen LogP contribution is -2.48. The first-order chi connectivity index (χ1) is 18.4. The molecule has 0 spiro atoms. The van der Waals surface area contributed by atoms with Gasteiger partial charge in [0, 0.05) is 32.1 Å². The van der Waals surface area contributed by atoms with E-state index in [2.05, 4.69) is 0 Å². The Hall–Kier alpha value is -4.20. The van der Waals surface area contributed by atoms with Crippen LogP contribution in [0.2, 0.25) is 0 Å². The number of benzene rings is 3. The van der Waals surface area contributed by atoms with Crippen molar-refractivity contribution in [3.63, 3.8) is 0 Å². The number of carbonyl (C=O) groups is 2. The predicted octanol–water partition coefficient (Wildman–Crippen LogP) is 4.86. The first kappa shape index (κ1) is 26.9. The van der Waals surface area contributed by atoms with Crippen molar-refractivity contribution in [2.45, 2.75) is 25.4 Å². The van der Waals surface area contributed by atoms with Gasteiger partial charge in [-0.25, -0.2) is 0 Å². The van der Waals surface area contributed by atoms with Gasteiger partial charge in [0.05, 0.1) is 46.1 Å². The molecule has 0 aliphatic carbocycles. The lowest BCUT2D eigenvalue weighted by molar-refractivity contribution is -0.137. The van der Waals surface area contributed by atoms with Gasteiger partial charge in [-0.05, 0) is 29.7 Å². The molecule has 0 unspecified atom stereocenters. The van der Waals surface area contributed by atoms with Crippen LogP contribution in [0.3, 0.4) is 0 Å². The fraction of sp³-hybridized carbons (Fsp3) is 0.333. The van der Waals surface area contributed by atoms with Crippen LogP contribution in [0.15, 0.2) is 66.7 Å². The Labute approximate surface area is 223 Å². The lowest BCUT2D eigenvalue weighted by atomic mass is 9.82. The summed E-state index contributed by atoms with van der Waals surface area (Å²) in [6, 6.07) is 20.3. The van der Waals surface area contributed by atoms with Crippen molar-refractivity contribution in [2.24, 2.45) is 5.92 Å². The SMILES string of the molecule is COc1ccc([C@@H]2[C@H](C(=O)N(C)Cc3ccccc3)CCC(=O)N2c2cc(OC)c(OC)c(OC)c2)cc1. The van der Waals surface area contributed by atoms with Gasteiger partial charge in [0.15, 0.2) is 11.5 Å². The molecule has 1 saturated heterocycles. The normalized spacial score (nSPS) is 17.1. The van der Waals surface area contributed by atoms with E-state index in [0.29, 0.717) is 41.7 Å². The van der Waals surface area contributed by atoms with E-state index in [-0.39, 0.29) is 18.2 Å². The second-order valence-corrected chi connectivity index (χ2v) is 9.19. The molecular formula is C30H34N2O6. The Morgan fingerprint density at radius 2 is 1.53 bits per heavy atom. The van der Waals surface area contributed by atoms with Gasteiger partial charge in [-0.2, -0.15) is 0 Å². The van der Waals surface area contributed by atoms with E-state index in [9.17, 15) is 9.59 Å². The van der Waals surface area contributed by atoms with Crippen LogP contribution in [-0.4, -0.2) is 52.2 Å². The van der Waals surface area contributed by atoms with Crippen molar-refractivity contribution in [1.29, 1.82) is 0 Å². The molecule has 3 aromatic carbocycles. The molecule has 1 fully saturated rings. The summed E-state index contributed by atoms with van der Waals surface area (Å²) in [6.45, 7) is 0.476. The number of piperidine rings is 1. The van der Waals surface area contributed by atoms with Gasteiger partial charge in [0.1, 0.15) is 5.75 Å². The molecule has 3 aromatic rings. The van der Waals surface area contributed by atoms with Crippen molar-refractivity contribution in [3.05, 3.63) is 77.9 Å². The van der Waals surface area contributed by atoms with Crippen LogP contribution in [0.25, 0.3) is 0 Å². The number of anilines is 1. The van der Waals surface area contributed by atoms with E-state index in [1.807, 2.05) is 54.6 Å². The molecule has 0 N–H and O–H groups in total. The summed E-state index contributed by atoms with van der Waals surface area (Å²) in [7, 11) is 8.01. The van der Waals surface area contributed by atoms with Gasteiger partial charge < -0.3 is 28.7 Å². The predicted molar refractivity (Wildman–Crippen MR) is 145 cm³/mol. The summed E-state index contributed by atoms with van der Waals surface area (Å²) in [4.78, 5) is 30.9. The summed E-state index contributed by atoms with van der Waals surface area (Å²) < 4.78 is 22.0. The molecular weight excluding hydrogens is 484 g/mol. The third-order valence-electron chi connectivity index (χ3n) is 6.94. The van der Waals surface area contributed by atoms with E-state index in [1.165, 1.54) is 21.3 Å². The number of rotatable bonds is 9. The average Bonchev–Trinajstić information content (AvgIpc) is 2.96. The molecule has 8 nitrogen and oxygen atoms in total. The average molecular weight is 519 g/mol. The van der Waals surface area contributed by atoms with Gasteiger partial charge >= 0.3 is 0 Å². The van der Waals surface area contributed by atoms with E-state index in [1.54, 1.807) is 36.1 Å².